The van der Waals surface area contributed by atoms with Gasteiger partial charge in [0, 0.05) is 23.3 Å². The Bertz CT molecular complexity index is 926. The molecule has 2 aromatic carbocycles. The minimum atomic E-state index is -0.530. The van der Waals surface area contributed by atoms with Crippen LogP contribution in [0.1, 0.15) is 44.5 Å². The van der Waals surface area contributed by atoms with Gasteiger partial charge in [0.2, 0.25) is 5.91 Å². The summed E-state index contributed by atoms with van der Waals surface area (Å²) in [5, 5.41) is 0.390. The number of hydrogen-bond donors (Lipinski definition) is 0. The molecule has 7 heteroatoms. The van der Waals surface area contributed by atoms with E-state index in [1.807, 2.05) is 56.0 Å². The fraction of sp³-hybridized carbons (Fsp3) is 0.348. The maximum absolute atomic E-state index is 13.1. The van der Waals surface area contributed by atoms with Crippen molar-refractivity contribution in [3.63, 3.8) is 0 Å². The number of anilines is 2. The van der Waals surface area contributed by atoms with Crippen LogP contribution in [0, 0.1) is 0 Å². The Balaban J connectivity index is 2.29. The molecular formula is C23H27ClN2O3S. The van der Waals surface area contributed by atoms with Crippen LogP contribution < -0.4 is 9.80 Å². The lowest BCUT2D eigenvalue weighted by Gasteiger charge is -2.38. The van der Waals surface area contributed by atoms with E-state index in [-0.39, 0.29) is 30.0 Å². The molecule has 0 heterocycles. The molecular weight excluding hydrogens is 420 g/mol. The fourth-order valence-electron chi connectivity index (χ4n) is 3.12. The third-order valence-corrected chi connectivity index (χ3v) is 4.99. The molecule has 1 amide bonds. The second-order valence-electron chi connectivity index (χ2n) is 7.75. The highest BCUT2D eigenvalue weighted by Gasteiger charge is 2.28. The Labute approximate surface area is 188 Å². The molecule has 30 heavy (non-hydrogen) atoms. The normalized spacial score (nSPS) is 11.0. The van der Waals surface area contributed by atoms with E-state index >= 15 is 0 Å². The molecule has 0 aromatic heterocycles. The van der Waals surface area contributed by atoms with Crippen LogP contribution >= 0.6 is 23.8 Å². The number of para-hydroxylation sites is 1. The van der Waals surface area contributed by atoms with Crippen molar-refractivity contribution in [1.29, 1.82) is 0 Å². The molecule has 0 unspecified atom stereocenters. The van der Waals surface area contributed by atoms with Crippen molar-refractivity contribution in [3.8, 4) is 0 Å². The van der Waals surface area contributed by atoms with Gasteiger partial charge in [-0.3, -0.25) is 4.79 Å². The highest BCUT2D eigenvalue weighted by atomic mass is 35.5. The quantitative estimate of drug-likeness (QED) is 0.433. The first-order chi connectivity index (χ1) is 14.1. The first-order valence-corrected chi connectivity index (χ1v) is 10.5. The smallest absolute Gasteiger partial charge is 0.340 e. The predicted molar refractivity (Wildman–Crippen MR) is 127 cm³/mol. The number of ether oxygens (including phenoxy) is 1. The summed E-state index contributed by atoms with van der Waals surface area (Å²) in [6, 6.07) is 14.5. The minimum absolute atomic E-state index is 0.0168. The van der Waals surface area contributed by atoms with E-state index in [9.17, 15) is 9.59 Å². The van der Waals surface area contributed by atoms with Crippen molar-refractivity contribution in [3.05, 3.63) is 59.1 Å². The van der Waals surface area contributed by atoms with E-state index < -0.39 is 5.97 Å². The summed E-state index contributed by atoms with van der Waals surface area (Å²) in [7, 11) is 1.61. The lowest BCUT2D eigenvalue weighted by atomic mass is 10.0. The predicted octanol–water partition coefficient (Wildman–Crippen LogP) is 5.50. The molecule has 0 spiro atoms. The van der Waals surface area contributed by atoms with Gasteiger partial charge in [0.15, 0.2) is 0 Å². The second-order valence-corrected chi connectivity index (χ2v) is 8.65. The molecule has 0 aliphatic rings. The number of amides is 1. The molecule has 0 bridgehead atoms. The molecule has 2 rings (SSSR count). The van der Waals surface area contributed by atoms with Crippen LogP contribution in [0.15, 0.2) is 48.5 Å². The van der Waals surface area contributed by atoms with Crippen LogP contribution in [0.2, 0.25) is 5.02 Å². The monoisotopic (exact) mass is 446 g/mol. The van der Waals surface area contributed by atoms with Crippen LogP contribution in [0.5, 0.6) is 0 Å². The van der Waals surface area contributed by atoms with E-state index in [1.54, 1.807) is 26.1 Å². The number of nitrogens with zero attached hydrogens (tertiary/aromatic N) is 2. The number of carbonyl (C=O) groups is 2. The summed E-state index contributed by atoms with van der Waals surface area (Å²) >= 11 is 11.7. The van der Waals surface area contributed by atoms with Crippen LogP contribution in [-0.2, 0) is 9.53 Å². The molecule has 0 saturated carbocycles. The van der Waals surface area contributed by atoms with E-state index in [4.69, 9.17) is 28.6 Å². The number of carbonyl (C=O) groups excluding carboxylic acids is 2. The maximum Gasteiger partial charge on any atom is 0.340 e. The van der Waals surface area contributed by atoms with Crippen molar-refractivity contribution < 1.29 is 14.3 Å². The van der Waals surface area contributed by atoms with Gasteiger partial charge in [0.1, 0.15) is 0 Å². The third-order valence-electron chi connectivity index (χ3n) is 4.43. The Kier molecular flexibility index (Phi) is 7.98. The molecule has 0 N–H and O–H groups in total. The Morgan fingerprint density at radius 2 is 1.73 bits per heavy atom. The average molecular weight is 447 g/mol. The lowest BCUT2D eigenvalue weighted by molar-refractivity contribution is -0.117. The van der Waals surface area contributed by atoms with Crippen molar-refractivity contribution in [2.75, 3.05) is 23.5 Å². The van der Waals surface area contributed by atoms with Gasteiger partial charge in [-0.1, -0.05) is 42.0 Å². The first-order valence-electron chi connectivity index (χ1n) is 9.67. The number of halogens is 1. The van der Waals surface area contributed by atoms with Crippen molar-refractivity contribution in [1.82, 2.24) is 0 Å². The van der Waals surface area contributed by atoms with Gasteiger partial charge in [-0.05, 0) is 58.0 Å². The van der Waals surface area contributed by atoms with E-state index in [0.29, 0.717) is 15.7 Å². The van der Waals surface area contributed by atoms with Gasteiger partial charge in [0.05, 0.1) is 29.3 Å². The van der Waals surface area contributed by atoms with Crippen LogP contribution in [-0.4, -0.2) is 36.1 Å². The van der Waals surface area contributed by atoms with Gasteiger partial charge in [0.25, 0.3) is 0 Å². The van der Waals surface area contributed by atoms with Gasteiger partial charge in [-0.2, -0.15) is 0 Å². The maximum atomic E-state index is 13.1. The standard InChI is InChI=1S/C23H27ClN2O3S/c1-6-29-22(28)18-14-16(24)12-13-19(18)25(5)20(27)15-21(30)26(23(2,3)4)17-10-8-7-9-11-17/h7-14H,6,15H2,1-5H3. The molecule has 0 fully saturated rings. The topological polar surface area (TPSA) is 49.9 Å². The molecule has 160 valence electrons. The molecule has 2 aromatic rings. The number of hydrogen-bond acceptors (Lipinski definition) is 4. The fourth-order valence-corrected chi connectivity index (χ4v) is 3.79. The van der Waals surface area contributed by atoms with Crippen LogP contribution in [0.25, 0.3) is 0 Å². The summed E-state index contributed by atoms with van der Waals surface area (Å²) < 4.78 is 5.11. The first kappa shape index (κ1) is 23.8. The Morgan fingerprint density at radius 1 is 1.10 bits per heavy atom. The minimum Gasteiger partial charge on any atom is -0.462 e. The lowest BCUT2D eigenvalue weighted by Crippen LogP contribution is -2.47. The SMILES string of the molecule is CCOC(=O)c1cc(Cl)ccc1N(C)C(=O)CC(=S)N(c1ccccc1)C(C)(C)C. The highest BCUT2D eigenvalue weighted by Crippen LogP contribution is 2.28. The molecule has 0 aliphatic carbocycles. The number of thiocarbonyl (C=S) groups is 1. The molecule has 0 radical (unpaired) electrons. The summed E-state index contributed by atoms with van der Waals surface area (Å²) in [4.78, 5) is 29.3. The van der Waals surface area contributed by atoms with Gasteiger partial charge >= 0.3 is 5.97 Å². The molecule has 0 atom stereocenters. The zero-order chi connectivity index (χ0) is 22.5. The highest BCUT2D eigenvalue weighted by molar-refractivity contribution is 7.80. The summed E-state index contributed by atoms with van der Waals surface area (Å²) in [6.45, 7) is 8.07. The summed E-state index contributed by atoms with van der Waals surface area (Å²) in [5.41, 5.74) is 1.27. The van der Waals surface area contributed by atoms with Crippen molar-refractivity contribution >= 4 is 52.1 Å². The summed E-state index contributed by atoms with van der Waals surface area (Å²) in [6.07, 6.45) is 0.0168. The Hall–Kier alpha value is -2.44. The third kappa shape index (κ3) is 5.80. The van der Waals surface area contributed by atoms with Gasteiger partial charge < -0.3 is 14.5 Å². The number of rotatable bonds is 6. The van der Waals surface area contributed by atoms with Crippen LogP contribution in [0.3, 0.4) is 0 Å². The van der Waals surface area contributed by atoms with Gasteiger partial charge in [-0.25, -0.2) is 4.79 Å². The zero-order valence-electron chi connectivity index (χ0n) is 17.9. The van der Waals surface area contributed by atoms with Crippen molar-refractivity contribution in [2.45, 2.75) is 39.7 Å². The van der Waals surface area contributed by atoms with E-state index in [1.165, 1.54) is 11.0 Å². The number of benzene rings is 2. The number of esters is 1. The summed E-state index contributed by atoms with van der Waals surface area (Å²) in [5.74, 6) is -0.768. The zero-order valence-corrected chi connectivity index (χ0v) is 19.5. The molecule has 0 aliphatic heterocycles. The molecule has 5 nitrogen and oxygen atoms in total. The van der Waals surface area contributed by atoms with Crippen molar-refractivity contribution in [2.24, 2.45) is 0 Å². The largest absolute Gasteiger partial charge is 0.462 e. The Morgan fingerprint density at radius 3 is 2.30 bits per heavy atom. The van der Waals surface area contributed by atoms with Crippen LogP contribution in [0.4, 0.5) is 11.4 Å². The average Bonchev–Trinajstić information content (AvgIpc) is 2.67. The molecule has 0 saturated heterocycles. The van der Waals surface area contributed by atoms with E-state index in [0.717, 1.165) is 5.69 Å². The second kappa shape index (κ2) is 10.0. The van der Waals surface area contributed by atoms with Gasteiger partial charge in [-0.15, -0.1) is 0 Å². The van der Waals surface area contributed by atoms with E-state index in [2.05, 4.69) is 0 Å².